The molecule has 0 aromatic carbocycles. The molecule has 0 aliphatic carbocycles. The van der Waals surface area contributed by atoms with E-state index in [2.05, 4.69) is 15.1 Å². The minimum atomic E-state index is -0.555. The van der Waals surface area contributed by atoms with E-state index < -0.39 is 4.92 Å². The van der Waals surface area contributed by atoms with Gasteiger partial charge >= 0.3 is 5.69 Å². The topological polar surface area (TPSA) is 110 Å². The number of carbonyl (C=O) groups is 1. The highest BCUT2D eigenvalue weighted by Crippen LogP contribution is 2.08. The van der Waals surface area contributed by atoms with E-state index in [1.165, 1.54) is 15.8 Å². The first-order chi connectivity index (χ1) is 9.06. The van der Waals surface area contributed by atoms with Gasteiger partial charge in [-0.05, 0) is 0 Å². The number of hydrogen-bond donors (Lipinski definition) is 1. The summed E-state index contributed by atoms with van der Waals surface area (Å²) in [5.74, 6) is 0.455. The standard InChI is InChI=1S/C10H12N6O3/c1-14(6-9-11-2-3-12-9)10(17)7-15-5-8(4-13-15)16(18)19/h2-5H,6-7H2,1H3,(H,11,12). The highest BCUT2D eigenvalue weighted by Gasteiger charge is 2.14. The smallest absolute Gasteiger partial charge is 0.307 e. The van der Waals surface area contributed by atoms with Crippen LogP contribution in [0.1, 0.15) is 5.82 Å². The van der Waals surface area contributed by atoms with Gasteiger partial charge in [0.05, 0.1) is 11.5 Å². The summed E-state index contributed by atoms with van der Waals surface area (Å²) in [6.07, 6.45) is 5.60. The van der Waals surface area contributed by atoms with Crippen LogP contribution >= 0.6 is 0 Å². The zero-order valence-corrected chi connectivity index (χ0v) is 10.2. The summed E-state index contributed by atoms with van der Waals surface area (Å²) in [5, 5.41) is 14.3. The van der Waals surface area contributed by atoms with Crippen molar-refractivity contribution in [1.29, 1.82) is 0 Å². The van der Waals surface area contributed by atoms with Gasteiger partial charge in [0.25, 0.3) is 0 Å². The average Bonchev–Trinajstić information content (AvgIpc) is 2.99. The van der Waals surface area contributed by atoms with E-state index in [1.807, 2.05) is 0 Å². The van der Waals surface area contributed by atoms with Crippen molar-refractivity contribution in [2.75, 3.05) is 7.05 Å². The van der Waals surface area contributed by atoms with Crippen LogP contribution in [0, 0.1) is 10.1 Å². The van der Waals surface area contributed by atoms with Crippen LogP contribution in [0.4, 0.5) is 5.69 Å². The van der Waals surface area contributed by atoms with E-state index in [0.29, 0.717) is 12.4 Å². The molecule has 9 heteroatoms. The van der Waals surface area contributed by atoms with Gasteiger partial charge in [0.1, 0.15) is 24.8 Å². The maximum atomic E-state index is 11.9. The van der Waals surface area contributed by atoms with Gasteiger partial charge in [0, 0.05) is 19.4 Å². The van der Waals surface area contributed by atoms with Crippen molar-refractivity contribution in [3.63, 3.8) is 0 Å². The summed E-state index contributed by atoms with van der Waals surface area (Å²) < 4.78 is 1.24. The minimum absolute atomic E-state index is 0.0505. The Hall–Kier alpha value is -2.71. The second-order valence-corrected chi connectivity index (χ2v) is 3.94. The van der Waals surface area contributed by atoms with Crippen LogP contribution in [0.25, 0.3) is 0 Å². The van der Waals surface area contributed by atoms with Gasteiger partial charge < -0.3 is 9.88 Å². The Morgan fingerprint density at radius 3 is 3.00 bits per heavy atom. The lowest BCUT2D eigenvalue weighted by atomic mass is 10.4. The molecule has 100 valence electrons. The lowest BCUT2D eigenvalue weighted by Crippen LogP contribution is -2.30. The van der Waals surface area contributed by atoms with Crippen LogP contribution in [0.2, 0.25) is 0 Å². The third-order valence-corrected chi connectivity index (χ3v) is 2.50. The Kier molecular flexibility index (Phi) is 3.55. The zero-order chi connectivity index (χ0) is 13.8. The van der Waals surface area contributed by atoms with E-state index in [0.717, 1.165) is 6.20 Å². The summed E-state index contributed by atoms with van der Waals surface area (Å²) in [6, 6.07) is 0. The number of H-pyrrole nitrogens is 1. The van der Waals surface area contributed by atoms with E-state index in [4.69, 9.17) is 0 Å². The van der Waals surface area contributed by atoms with Crippen LogP contribution < -0.4 is 0 Å². The Labute approximate surface area is 108 Å². The molecule has 0 aliphatic heterocycles. The normalized spacial score (nSPS) is 10.4. The average molecular weight is 264 g/mol. The number of aromatic nitrogens is 4. The molecule has 1 amide bonds. The molecular formula is C10H12N6O3. The molecule has 0 spiro atoms. The van der Waals surface area contributed by atoms with Crippen LogP contribution in [0.5, 0.6) is 0 Å². The second kappa shape index (κ2) is 5.29. The van der Waals surface area contributed by atoms with Gasteiger partial charge in [-0.1, -0.05) is 0 Å². The molecule has 0 unspecified atom stereocenters. The first-order valence-electron chi connectivity index (χ1n) is 5.45. The summed E-state index contributed by atoms with van der Waals surface area (Å²) in [5.41, 5.74) is -0.138. The summed E-state index contributed by atoms with van der Waals surface area (Å²) in [4.78, 5) is 30.2. The number of carbonyl (C=O) groups excluding carboxylic acids is 1. The SMILES string of the molecule is CN(Cc1ncc[nH]1)C(=O)Cn1cc([N+](=O)[O-])cn1. The van der Waals surface area contributed by atoms with Crippen LogP contribution in [-0.4, -0.2) is 42.5 Å². The molecule has 19 heavy (non-hydrogen) atoms. The Bertz CT molecular complexity index is 576. The molecule has 0 saturated heterocycles. The fraction of sp³-hybridized carbons (Fsp3) is 0.300. The molecule has 0 bridgehead atoms. The number of nitro groups is 1. The first-order valence-corrected chi connectivity index (χ1v) is 5.45. The second-order valence-electron chi connectivity index (χ2n) is 3.94. The predicted molar refractivity (Wildman–Crippen MR) is 63.9 cm³/mol. The maximum Gasteiger partial charge on any atom is 0.307 e. The molecule has 2 rings (SSSR count). The zero-order valence-electron chi connectivity index (χ0n) is 10.2. The molecule has 2 heterocycles. The molecule has 2 aromatic rings. The predicted octanol–water partition coefficient (Wildman–Crippen LogP) is 0.173. The maximum absolute atomic E-state index is 11.9. The van der Waals surface area contributed by atoms with Gasteiger partial charge in [-0.2, -0.15) is 5.10 Å². The van der Waals surface area contributed by atoms with Crippen molar-refractivity contribution in [2.24, 2.45) is 0 Å². The van der Waals surface area contributed by atoms with Gasteiger partial charge in [-0.3, -0.25) is 19.6 Å². The minimum Gasteiger partial charge on any atom is -0.347 e. The molecule has 1 N–H and O–H groups in total. The van der Waals surface area contributed by atoms with Crippen molar-refractivity contribution >= 4 is 11.6 Å². The molecule has 0 atom stereocenters. The Morgan fingerprint density at radius 2 is 2.42 bits per heavy atom. The molecule has 9 nitrogen and oxygen atoms in total. The molecule has 0 saturated carbocycles. The third-order valence-electron chi connectivity index (χ3n) is 2.50. The van der Waals surface area contributed by atoms with Gasteiger partial charge in [0.15, 0.2) is 0 Å². The fourth-order valence-corrected chi connectivity index (χ4v) is 1.49. The number of nitrogens with zero attached hydrogens (tertiary/aromatic N) is 5. The number of hydrogen-bond acceptors (Lipinski definition) is 5. The summed E-state index contributed by atoms with van der Waals surface area (Å²) >= 11 is 0. The molecule has 2 aromatic heterocycles. The number of aromatic amines is 1. The molecule has 0 aliphatic rings. The van der Waals surface area contributed by atoms with Crippen LogP contribution in [0.3, 0.4) is 0 Å². The van der Waals surface area contributed by atoms with Crippen LogP contribution in [0.15, 0.2) is 24.8 Å². The Balaban J connectivity index is 1.94. The van der Waals surface area contributed by atoms with E-state index in [1.54, 1.807) is 19.4 Å². The van der Waals surface area contributed by atoms with Gasteiger partial charge in [-0.15, -0.1) is 0 Å². The number of amides is 1. The summed E-state index contributed by atoms with van der Waals surface area (Å²) in [7, 11) is 1.63. The highest BCUT2D eigenvalue weighted by atomic mass is 16.6. The fourth-order valence-electron chi connectivity index (χ4n) is 1.49. The van der Waals surface area contributed by atoms with Crippen LogP contribution in [-0.2, 0) is 17.9 Å². The monoisotopic (exact) mass is 264 g/mol. The highest BCUT2D eigenvalue weighted by molar-refractivity contribution is 5.75. The Morgan fingerprint density at radius 1 is 1.63 bits per heavy atom. The van der Waals surface area contributed by atoms with Crippen molar-refractivity contribution in [2.45, 2.75) is 13.1 Å². The summed E-state index contributed by atoms with van der Waals surface area (Å²) in [6.45, 7) is 0.292. The van der Waals surface area contributed by atoms with Crippen molar-refractivity contribution in [1.82, 2.24) is 24.6 Å². The number of likely N-dealkylation sites (N-methyl/N-ethyl adjacent to an activating group) is 1. The lowest BCUT2D eigenvalue weighted by Gasteiger charge is -2.15. The molecule has 0 fully saturated rings. The number of rotatable bonds is 5. The lowest BCUT2D eigenvalue weighted by molar-refractivity contribution is -0.385. The molecular weight excluding hydrogens is 252 g/mol. The number of imidazole rings is 1. The molecule has 0 radical (unpaired) electrons. The number of nitrogens with one attached hydrogen (secondary N) is 1. The van der Waals surface area contributed by atoms with E-state index >= 15 is 0 Å². The van der Waals surface area contributed by atoms with E-state index in [-0.39, 0.29) is 18.1 Å². The van der Waals surface area contributed by atoms with Crippen molar-refractivity contribution in [3.8, 4) is 0 Å². The quantitative estimate of drug-likeness (QED) is 0.611. The van der Waals surface area contributed by atoms with Gasteiger partial charge in [-0.25, -0.2) is 4.98 Å². The van der Waals surface area contributed by atoms with Gasteiger partial charge in [0.2, 0.25) is 5.91 Å². The largest absolute Gasteiger partial charge is 0.347 e. The van der Waals surface area contributed by atoms with E-state index in [9.17, 15) is 14.9 Å². The van der Waals surface area contributed by atoms with Crippen molar-refractivity contribution in [3.05, 3.63) is 40.7 Å². The third kappa shape index (κ3) is 3.15. The van der Waals surface area contributed by atoms with Crippen molar-refractivity contribution < 1.29 is 9.72 Å². The first kappa shape index (κ1) is 12.7.